The molecule has 0 bridgehead atoms. The first-order chi connectivity index (χ1) is 13.4. The molecule has 2 rings (SSSR count). The molecular weight excluding hydrogens is 358 g/mol. The molecule has 0 radical (unpaired) electrons. The summed E-state index contributed by atoms with van der Waals surface area (Å²) >= 11 is 0. The van der Waals surface area contributed by atoms with Crippen molar-refractivity contribution in [2.75, 3.05) is 25.5 Å². The van der Waals surface area contributed by atoms with Crippen LogP contribution < -0.4 is 15.4 Å². The normalized spacial score (nSPS) is 10.1. The lowest BCUT2D eigenvalue weighted by Gasteiger charge is -2.18. The van der Waals surface area contributed by atoms with E-state index in [1.807, 2.05) is 19.1 Å². The molecule has 0 saturated carbocycles. The van der Waals surface area contributed by atoms with E-state index in [9.17, 15) is 14.4 Å². The summed E-state index contributed by atoms with van der Waals surface area (Å²) < 4.78 is 5.44. The maximum Gasteiger partial charge on any atom is 0.255 e. The van der Waals surface area contributed by atoms with Gasteiger partial charge in [0, 0.05) is 26.2 Å². The third-order valence-electron chi connectivity index (χ3n) is 4.08. The fourth-order valence-electron chi connectivity index (χ4n) is 2.53. The van der Waals surface area contributed by atoms with Crippen molar-refractivity contribution in [1.82, 2.24) is 10.2 Å². The molecule has 0 aliphatic heterocycles. The molecule has 28 heavy (non-hydrogen) atoms. The number of carbonyl (C=O) groups excluding carboxylic acids is 3. The molecule has 0 aliphatic rings. The predicted molar refractivity (Wildman–Crippen MR) is 107 cm³/mol. The Morgan fingerprint density at radius 1 is 1.04 bits per heavy atom. The standard InChI is InChI=1S/C21H25N3O4/c1-4-28-19-12-8-6-10-17(19)21(27)22-13-20(26)23-18-11-7-5-9-16(18)14-24(3)15(2)25/h5-12H,4,13-14H2,1-3H3,(H,22,27)(H,23,26). The van der Waals surface area contributed by atoms with Crippen LogP contribution in [0, 0.1) is 0 Å². The molecule has 0 atom stereocenters. The fourth-order valence-corrected chi connectivity index (χ4v) is 2.53. The zero-order chi connectivity index (χ0) is 20.5. The van der Waals surface area contributed by atoms with Gasteiger partial charge in [-0.05, 0) is 30.7 Å². The first-order valence-electron chi connectivity index (χ1n) is 9.01. The Morgan fingerprint density at radius 2 is 1.71 bits per heavy atom. The second-order valence-corrected chi connectivity index (χ2v) is 6.19. The molecule has 2 aromatic rings. The first kappa shape index (κ1) is 21.0. The molecule has 7 nitrogen and oxygen atoms in total. The van der Waals surface area contributed by atoms with Crippen LogP contribution >= 0.6 is 0 Å². The van der Waals surface area contributed by atoms with Crippen molar-refractivity contribution in [3.8, 4) is 5.75 Å². The summed E-state index contributed by atoms with van der Waals surface area (Å²) in [5.41, 5.74) is 1.78. The lowest BCUT2D eigenvalue weighted by Crippen LogP contribution is -2.33. The van der Waals surface area contributed by atoms with Gasteiger partial charge in [0.25, 0.3) is 5.91 Å². The van der Waals surface area contributed by atoms with Crippen molar-refractivity contribution in [2.24, 2.45) is 0 Å². The van der Waals surface area contributed by atoms with Gasteiger partial charge in [-0.2, -0.15) is 0 Å². The second kappa shape index (κ2) is 10.1. The molecule has 0 saturated heterocycles. The number of ether oxygens (including phenoxy) is 1. The molecule has 0 aliphatic carbocycles. The van der Waals surface area contributed by atoms with Crippen LogP contribution in [0.5, 0.6) is 5.75 Å². The zero-order valence-corrected chi connectivity index (χ0v) is 16.3. The number of anilines is 1. The summed E-state index contributed by atoms with van der Waals surface area (Å²) in [5, 5.41) is 5.38. The summed E-state index contributed by atoms with van der Waals surface area (Å²) in [6.45, 7) is 3.95. The Hall–Kier alpha value is -3.35. The van der Waals surface area contributed by atoms with Gasteiger partial charge in [-0.15, -0.1) is 0 Å². The predicted octanol–water partition coefficient (Wildman–Crippen LogP) is 2.43. The monoisotopic (exact) mass is 383 g/mol. The van der Waals surface area contributed by atoms with Crippen molar-refractivity contribution >= 4 is 23.4 Å². The molecule has 0 fully saturated rings. The molecule has 0 unspecified atom stereocenters. The zero-order valence-electron chi connectivity index (χ0n) is 16.3. The highest BCUT2D eigenvalue weighted by molar-refractivity contribution is 6.01. The molecular formula is C21H25N3O4. The maximum absolute atomic E-state index is 12.4. The van der Waals surface area contributed by atoms with E-state index >= 15 is 0 Å². The number of hydrogen-bond donors (Lipinski definition) is 2. The molecule has 0 aromatic heterocycles. The number of benzene rings is 2. The van der Waals surface area contributed by atoms with Gasteiger partial charge in [0.05, 0.1) is 18.7 Å². The third kappa shape index (κ3) is 5.84. The van der Waals surface area contributed by atoms with Gasteiger partial charge in [-0.25, -0.2) is 0 Å². The van der Waals surface area contributed by atoms with Crippen LogP contribution in [0.3, 0.4) is 0 Å². The number of para-hydroxylation sites is 2. The lowest BCUT2D eigenvalue weighted by molar-refractivity contribution is -0.128. The van der Waals surface area contributed by atoms with Crippen molar-refractivity contribution in [1.29, 1.82) is 0 Å². The Morgan fingerprint density at radius 3 is 2.43 bits per heavy atom. The Balaban J connectivity index is 1.98. The average molecular weight is 383 g/mol. The van der Waals surface area contributed by atoms with Gasteiger partial charge in [-0.1, -0.05) is 30.3 Å². The van der Waals surface area contributed by atoms with E-state index in [-0.39, 0.29) is 24.3 Å². The number of hydrogen-bond acceptors (Lipinski definition) is 4. The number of carbonyl (C=O) groups is 3. The topological polar surface area (TPSA) is 87.7 Å². The summed E-state index contributed by atoms with van der Waals surface area (Å²) in [7, 11) is 1.69. The summed E-state index contributed by atoms with van der Waals surface area (Å²) in [6.07, 6.45) is 0. The van der Waals surface area contributed by atoms with Crippen LogP contribution in [0.4, 0.5) is 5.69 Å². The number of nitrogens with zero attached hydrogens (tertiary/aromatic N) is 1. The van der Waals surface area contributed by atoms with Crippen LogP contribution in [0.1, 0.15) is 29.8 Å². The van der Waals surface area contributed by atoms with E-state index in [0.29, 0.717) is 30.2 Å². The molecule has 0 heterocycles. The van der Waals surface area contributed by atoms with Gasteiger partial charge in [0.2, 0.25) is 11.8 Å². The van der Waals surface area contributed by atoms with Gasteiger partial charge in [-0.3, -0.25) is 14.4 Å². The highest BCUT2D eigenvalue weighted by Crippen LogP contribution is 2.18. The maximum atomic E-state index is 12.4. The van der Waals surface area contributed by atoms with Crippen LogP contribution in [0.2, 0.25) is 0 Å². The van der Waals surface area contributed by atoms with Gasteiger partial charge in [0.15, 0.2) is 0 Å². The van der Waals surface area contributed by atoms with Crippen LogP contribution in [0.15, 0.2) is 48.5 Å². The largest absolute Gasteiger partial charge is 0.493 e. The van der Waals surface area contributed by atoms with E-state index in [2.05, 4.69) is 10.6 Å². The molecule has 0 spiro atoms. The van der Waals surface area contributed by atoms with Gasteiger partial charge in [0.1, 0.15) is 5.75 Å². The molecule has 3 amide bonds. The summed E-state index contributed by atoms with van der Waals surface area (Å²) in [6, 6.07) is 14.1. The third-order valence-corrected chi connectivity index (χ3v) is 4.08. The molecule has 148 valence electrons. The van der Waals surface area contributed by atoms with Crippen LogP contribution in [-0.2, 0) is 16.1 Å². The molecule has 2 aromatic carbocycles. The van der Waals surface area contributed by atoms with E-state index in [1.165, 1.54) is 6.92 Å². The minimum atomic E-state index is -0.385. The number of nitrogens with one attached hydrogen (secondary N) is 2. The van der Waals surface area contributed by atoms with E-state index in [4.69, 9.17) is 4.74 Å². The van der Waals surface area contributed by atoms with Crippen LogP contribution in [-0.4, -0.2) is 42.8 Å². The van der Waals surface area contributed by atoms with Gasteiger partial charge < -0.3 is 20.3 Å². The summed E-state index contributed by atoms with van der Waals surface area (Å²) in [5.74, 6) is -0.342. The minimum absolute atomic E-state index is 0.0682. The van der Waals surface area contributed by atoms with Crippen LogP contribution in [0.25, 0.3) is 0 Å². The van der Waals surface area contributed by atoms with Crippen molar-refractivity contribution < 1.29 is 19.1 Å². The van der Waals surface area contributed by atoms with Gasteiger partial charge >= 0.3 is 0 Å². The first-order valence-corrected chi connectivity index (χ1v) is 9.01. The highest BCUT2D eigenvalue weighted by Gasteiger charge is 2.14. The van der Waals surface area contributed by atoms with E-state index in [0.717, 1.165) is 5.56 Å². The second-order valence-electron chi connectivity index (χ2n) is 6.19. The number of rotatable bonds is 8. The minimum Gasteiger partial charge on any atom is -0.493 e. The van der Waals surface area contributed by atoms with E-state index in [1.54, 1.807) is 48.3 Å². The van der Waals surface area contributed by atoms with Crippen molar-refractivity contribution in [3.05, 3.63) is 59.7 Å². The lowest BCUT2D eigenvalue weighted by atomic mass is 10.1. The van der Waals surface area contributed by atoms with Crippen molar-refractivity contribution in [3.63, 3.8) is 0 Å². The Kier molecular flexibility index (Phi) is 7.56. The van der Waals surface area contributed by atoms with Crippen molar-refractivity contribution in [2.45, 2.75) is 20.4 Å². The average Bonchev–Trinajstić information content (AvgIpc) is 2.68. The highest BCUT2D eigenvalue weighted by atomic mass is 16.5. The Bertz CT molecular complexity index is 851. The quantitative estimate of drug-likeness (QED) is 0.733. The number of amides is 3. The Labute approximate surface area is 164 Å². The molecule has 2 N–H and O–H groups in total. The van der Waals surface area contributed by atoms with E-state index < -0.39 is 0 Å². The smallest absolute Gasteiger partial charge is 0.255 e. The fraction of sp³-hybridized carbons (Fsp3) is 0.286. The molecule has 7 heteroatoms. The summed E-state index contributed by atoms with van der Waals surface area (Å²) in [4.78, 5) is 37.7. The SMILES string of the molecule is CCOc1ccccc1C(=O)NCC(=O)Nc1ccccc1CN(C)C(C)=O.